The number of rotatable bonds is 5. The van der Waals surface area contributed by atoms with E-state index in [1.807, 2.05) is 32.0 Å². The molecule has 1 aromatic heterocycles. The van der Waals surface area contributed by atoms with Crippen LogP contribution in [0.3, 0.4) is 0 Å². The second kappa shape index (κ2) is 9.04. The lowest BCUT2D eigenvalue weighted by Crippen LogP contribution is -2.45. The predicted octanol–water partition coefficient (Wildman–Crippen LogP) is 2.48. The van der Waals surface area contributed by atoms with Crippen molar-refractivity contribution in [2.24, 2.45) is 5.92 Å². The Balaban J connectivity index is 1.57. The molecule has 2 aliphatic heterocycles. The Kier molecular flexibility index (Phi) is 6.20. The van der Waals surface area contributed by atoms with Gasteiger partial charge in [0.05, 0.1) is 23.8 Å². The molecule has 2 aromatic rings. The van der Waals surface area contributed by atoms with E-state index < -0.39 is 0 Å². The van der Waals surface area contributed by atoms with Crippen LogP contribution in [-0.4, -0.2) is 39.4 Å². The van der Waals surface area contributed by atoms with E-state index in [1.165, 1.54) is 0 Å². The van der Waals surface area contributed by atoms with Gasteiger partial charge in [-0.1, -0.05) is 32.0 Å². The molecule has 7 heteroatoms. The third-order valence-corrected chi connectivity index (χ3v) is 6.07. The Morgan fingerprint density at radius 2 is 1.97 bits per heavy atom. The lowest BCUT2D eigenvalue weighted by Gasteiger charge is -2.32. The largest absolute Gasteiger partial charge is 0.354 e. The summed E-state index contributed by atoms with van der Waals surface area (Å²) in [6.07, 6.45) is 3.63. The van der Waals surface area contributed by atoms with Crippen molar-refractivity contribution in [1.82, 2.24) is 19.8 Å². The maximum Gasteiger partial charge on any atom is 0.259 e. The third kappa shape index (κ3) is 4.55. The molecule has 0 radical (unpaired) electrons. The highest BCUT2D eigenvalue weighted by atomic mass is 16.2. The van der Waals surface area contributed by atoms with Gasteiger partial charge in [0.15, 0.2) is 0 Å². The fourth-order valence-corrected chi connectivity index (χ4v) is 4.52. The minimum absolute atomic E-state index is 0.0146. The molecule has 0 fully saturated rings. The van der Waals surface area contributed by atoms with Gasteiger partial charge in [-0.15, -0.1) is 0 Å². The quantitative estimate of drug-likeness (QED) is 0.802. The van der Waals surface area contributed by atoms with Crippen molar-refractivity contribution in [2.45, 2.75) is 58.5 Å². The maximum absolute atomic E-state index is 13.5. The molecular weight excluding hydrogens is 392 g/mol. The van der Waals surface area contributed by atoms with Crippen molar-refractivity contribution >= 4 is 11.8 Å². The zero-order valence-corrected chi connectivity index (χ0v) is 18.3. The Hall–Kier alpha value is -2.96. The molecule has 2 amide bonds. The van der Waals surface area contributed by atoms with E-state index in [-0.39, 0.29) is 30.0 Å². The van der Waals surface area contributed by atoms with Gasteiger partial charge in [0, 0.05) is 37.9 Å². The Morgan fingerprint density at radius 1 is 1.19 bits per heavy atom. The fourth-order valence-electron chi connectivity index (χ4n) is 4.52. The van der Waals surface area contributed by atoms with Crippen LogP contribution in [0.15, 0.2) is 35.1 Å². The number of nitrogens with zero attached hydrogens (tertiary/aromatic N) is 3. The molecule has 0 saturated heterocycles. The molecule has 4 rings (SSSR count). The summed E-state index contributed by atoms with van der Waals surface area (Å²) in [6, 6.07) is 9.07. The van der Waals surface area contributed by atoms with E-state index in [4.69, 9.17) is 4.98 Å². The minimum Gasteiger partial charge on any atom is -0.354 e. The van der Waals surface area contributed by atoms with Crippen LogP contribution in [-0.2, 0) is 24.2 Å². The van der Waals surface area contributed by atoms with Gasteiger partial charge in [-0.05, 0) is 30.9 Å². The summed E-state index contributed by atoms with van der Waals surface area (Å²) in [6.45, 7) is 5.30. The molecule has 1 atom stereocenters. The monoisotopic (exact) mass is 422 g/mol. The van der Waals surface area contributed by atoms with Gasteiger partial charge in [-0.2, -0.15) is 0 Å². The van der Waals surface area contributed by atoms with Crippen LogP contribution in [0.4, 0.5) is 0 Å². The smallest absolute Gasteiger partial charge is 0.259 e. The normalized spacial score (nSPS) is 17.8. The highest BCUT2D eigenvalue weighted by Crippen LogP contribution is 2.24. The molecule has 0 bridgehead atoms. The number of nitrogens with one attached hydrogen (secondary N) is 1. The predicted molar refractivity (Wildman–Crippen MR) is 118 cm³/mol. The molecule has 2 aliphatic rings. The van der Waals surface area contributed by atoms with Gasteiger partial charge in [0.1, 0.15) is 5.82 Å². The number of hydrogen-bond acceptors (Lipinski definition) is 4. The molecule has 31 heavy (non-hydrogen) atoms. The highest BCUT2D eigenvalue weighted by molar-refractivity contribution is 5.94. The van der Waals surface area contributed by atoms with E-state index in [1.54, 1.807) is 21.6 Å². The van der Waals surface area contributed by atoms with E-state index in [0.29, 0.717) is 43.0 Å². The number of amides is 2. The average molecular weight is 423 g/mol. The van der Waals surface area contributed by atoms with Gasteiger partial charge in [0.2, 0.25) is 5.91 Å². The molecule has 3 heterocycles. The highest BCUT2D eigenvalue weighted by Gasteiger charge is 2.30. The molecule has 7 nitrogen and oxygen atoms in total. The summed E-state index contributed by atoms with van der Waals surface area (Å²) in [7, 11) is 0. The van der Waals surface area contributed by atoms with Crippen LogP contribution in [0.25, 0.3) is 0 Å². The van der Waals surface area contributed by atoms with E-state index >= 15 is 0 Å². The van der Waals surface area contributed by atoms with E-state index in [2.05, 4.69) is 5.32 Å². The van der Waals surface area contributed by atoms with Crippen molar-refractivity contribution in [2.75, 3.05) is 13.1 Å². The first-order chi connectivity index (χ1) is 14.9. The van der Waals surface area contributed by atoms with E-state index in [9.17, 15) is 14.4 Å². The summed E-state index contributed by atoms with van der Waals surface area (Å²) in [4.78, 5) is 45.0. The van der Waals surface area contributed by atoms with Crippen molar-refractivity contribution in [3.05, 3.63) is 63.3 Å². The number of fused-ring (bicyclic) bond motifs is 2. The molecule has 0 saturated carbocycles. The standard InChI is InChI=1S/C24H30N4O3/c1-16(2)13-22(29)25-14-18-9-6-10-21-26-20-11-12-27(15-19(20)24(31)28(18)21)23(30)17-7-4-3-5-8-17/h3-5,7-8,16,18H,6,9-15H2,1-2H3,(H,25,29)/t18-/m1/s1. The lowest BCUT2D eigenvalue weighted by atomic mass is 10.00. The maximum atomic E-state index is 13.5. The summed E-state index contributed by atoms with van der Waals surface area (Å²) >= 11 is 0. The zero-order valence-electron chi connectivity index (χ0n) is 18.3. The number of aromatic nitrogens is 2. The zero-order chi connectivity index (χ0) is 22.0. The van der Waals surface area contributed by atoms with E-state index in [0.717, 1.165) is 30.8 Å². The van der Waals surface area contributed by atoms with Crippen molar-refractivity contribution in [3.63, 3.8) is 0 Å². The topological polar surface area (TPSA) is 84.3 Å². The van der Waals surface area contributed by atoms with Crippen LogP contribution >= 0.6 is 0 Å². The first-order valence-electron chi connectivity index (χ1n) is 11.2. The van der Waals surface area contributed by atoms with Gasteiger partial charge < -0.3 is 10.2 Å². The number of hydrogen-bond donors (Lipinski definition) is 1. The molecule has 0 unspecified atom stereocenters. The summed E-state index contributed by atoms with van der Waals surface area (Å²) in [5.74, 6) is 1.05. The Morgan fingerprint density at radius 3 is 2.71 bits per heavy atom. The van der Waals surface area contributed by atoms with Gasteiger partial charge >= 0.3 is 0 Å². The summed E-state index contributed by atoms with van der Waals surface area (Å²) in [5.41, 5.74) is 1.99. The van der Waals surface area contributed by atoms with Crippen molar-refractivity contribution in [3.8, 4) is 0 Å². The van der Waals surface area contributed by atoms with Gasteiger partial charge in [-0.3, -0.25) is 19.0 Å². The molecule has 164 valence electrons. The van der Waals surface area contributed by atoms with Crippen LogP contribution in [0.5, 0.6) is 0 Å². The number of carbonyl (C=O) groups excluding carboxylic acids is 2. The summed E-state index contributed by atoms with van der Waals surface area (Å²) in [5, 5.41) is 2.99. The van der Waals surface area contributed by atoms with Crippen molar-refractivity contribution in [1.29, 1.82) is 0 Å². The Labute approximate surface area is 182 Å². The van der Waals surface area contributed by atoms with Crippen LogP contribution < -0.4 is 10.9 Å². The summed E-state index contributed by atoms with van der Waals surface area (Å²) < 4.78 is 1.77. The molecule has 1 N–H and O–H groups in total. The fraction of sp³-hybridized carbons (Fsp3) is 0.500. The third-order valence-electron chi connectivity index (χ3n) is 6.07. The van der Waals surface area contributed by atoms with Crippen LogP contribution in [0, 0.1) is 5.92 Å². The minimum atomic E-state index is -0.0923. The molecular formula is C24H30N4O3. The number of carbonyl (C=O) groups is 2. The Bertz CT molecular complexity index is 1030. The molecule has 0 spiro atoms. The SMILES string of the molecule is CC(C)CC(=O)NC[C@H]1CCCc2nc3c(c(=O)n21)CN(C(=O)c1ccccc1)CC3. The van der Waals surface area contributed by atoms with Crippen LogP contribution in [0.2, 0.25) is 0 Å². The van der Waals surface area contributed by atoms with Crippen LogP contribution in [0.1, 0.15) is 66.6 Å². The lowest BCUT2D eigenvalue weighted by molar-refractivity contribution is -0.121. The van der Waals surface area contributed by atoms with Crippen molar-refractivity contribution < 1.29 is 9.59 Å². The first-order valence-corrected chi connectivity index (χ1v) is 11.2. The molecule has 0 aliphatic carbocycles. The first kappa shape index (κ1) is 21.3. The second-order valence-electron chi connectivity index (χ2n) is 8.92. The number of aryl methyl sites for hydroxylation is 1. The number of benzene rings is 1. The molecule has 1 aromatic carbocycles. The second-order valence-corrected chi connectivity index (χ2v) is 8.92. The van der Waals surface area contributed by atoms with Gasteiger partial charge in [0.25, 0.3) is 11.5 Å². The average Bonchev–Trinajstić information content (AvgIpc) is 2.77. The van der Waals surface area contributed by atoms with Gasteiger partial charge in [-0.25, -0.2) is 4.98 Å².